The van der Waals surface area contributed by atoms with Crippen LogP contribution in [0.5, 0.6) is 0 Å². The van der Waals surface area contributed by atoms with Gasteiger partial charge < -0.3 is 18.8 Å². The minimum Gasteiger partial charge on any atom is -0.385 e. The van der Waals surface area contributed by atoms with Crippen LogP contribution in [0.15, 0.2) is 24.5 Å². The van der Waals surface area contributed by atoms with Gasteiger partial charge in [0.2, 0.25) is 0 Å². The predicted molar refractivity (Wildman–Crippen MR) is 82.1 cm³/mol. The summed E-state index contributed by atoms with van der Waals surface area (Å²) in [5, 5.41) is 0. The van der Waals surface area contributed by atoms with Gasteiger partial charge in [0.25, 0.3) is 5.91 Å². The Morgan fingerprint density at radius 2 is 2.41 bits per heavy atom. The van der Waals surface area contributed by atoms with E-state index in [1.807, 2.05) is 40.8 Å². The molecule has 1 aliphatic rings. The van der Waals surface area contributed by atoms with E-state index >= 15 is 0 Å². The van der Waals surface area contributed by atoms with Crippen LogP contribution in [-0.2, 0) is 9.47 Å². The third-order valence-electron chi connectivity index (χ3n) is 3.90. The molecule has 1 atom stereocenters. The third-order valence-corrected chi connectivity index (χ3v) is 3.90. The molecule has 0 aliphatic carbocycles. The third kappa shape index (κ3) is 2.98. The van der Waals surface area contributed by atoms with Crippen molar-refractivity contribution in [2.45, 2.75) is 19.4 Å². The molecule has 0 saturated carbocycles. The molecule has 6 heteroatoms. The zero-order chi connectivity index (χ0) is 15.5. The molecule has 0 N–H and O–H groups in total. The first-order valence-electron chi connectivity index (χ1n) is 7.53. The van der Waals surface area contributed by atoms with Crippen molar-refractivity contribution < 1.29 is 14.3 Å². The molecule has 0 bridgehead atoms. The first-order chi connectivity index (χ1) is 10.7. The molecule has 1 aliphatic heterocycles. The predicted octanol–water partition coefficient (Wildman–Crippen LogP) is 1.52. The molecule has 1 saturated heterocycles. The summed E-state index contributed by atoms with van der Waals surface area (Å²) in [4.78, 5) is 19.1. The highest BCUT2D eigenvalue weighted by Crippen LogP contribution is 2.16. The number of morpholine rings is 1. The highest BCUT2D eigenvalue weighted by molar-refractivity contribution is 5.99. The van der Waals surface area contributed by atoms with Gasteiger partial charge in [0, 0.05) is 39.2 Å². The molecule has 0 unspecified atom stereocenters. The topological polar surface area (TPSA) is 56.1 Å². The quantitative estimate of drug-likeness (QED) is 0.859. The lowest BCUT2D eigenvalue weighted by atomic mass is 10.1. The molecule has 0 radical (unpaired) electrons. The fraction of sp³-hybridized carbons (Fsp3) is 0.500. The van der Waals surface area contributed by atoms with E-state index in [4.69, 9.17) is 9.47 Å². The Bertz CT molecular complexity index is 668. The van der Waals surface area contributed by atoms with Crippen molar-refractivity contribution in [3.05, 3.63) is 35.8 Å². The number of hydrogen-bond donors (Lipinski definition) is 0. The van der Waals surface area contributed by atoms with Crippen molar-refractivity contribution in [1.82, 2.24) is 14.3 Å². The summed E-state index contributed by atoms with van der Waals surface area (Å²) in [5.74, 6) is 0.0157. The summed E-state index contributed by atoms with van der Waals surface area (Å²) in [6.45, 7) is 4.35. The van der Waals surface area contributed by atoms with Crippen molar-refractivity contribution in [1.29, 1.82) is 0 Å². The van der Waals surface area contributed by atoms with Crippen LogP contribution < -0.4 is 0 Å². The van der Waals surface area contributed by atoms with Crippen LogP contribution in [0.25, 0.3) is 5.65 Å². The van der Waals surface area contributed by atoms with Gasteiger partial charge in [-0.05, 0) is 25.5 Å². The average molecular weight is 303 g/mol. The van der Waals surface area contributed by atoms with Gasteiger partial charge in [0.05, 0.1) is 24.0 Å². The first-order valence-corrected chi connectivity index (χ1v) is 7.53. The number of methoxy groups -OCH3 is 1. The number of aromatic nitrogens is 2. The van der Waals surface area contributed by atoms with Gasteiger partial charge in [-0.15, -0.1) is 0 Å². The van der Waals surface area contributed by atoms with Crippen molar-refractivity contribution >= 4 is 11.6 Å². The largest absolute Gasteiger partial charge is 0.385 e. The van der Waals surface area contributed by atoms with E-state index in [0.717, 1.165) is 12.1 Å². The molecule has 0 spiro atoms. The Balaban J connectivity index is 1.80. The van der Waals surface area contributed by atoms with E-state index < -0.39 is 0 Å². The lowest BCUT2D eigenvalue weighted by molar-refractivity contribution is -0.0332. The summed E-state index contributed by atoms with van der Waals surface area (Å²) in [7, 11) is 1.67. The maximum absolute atomic E-state index is 12.8. The summed E-state index contributed by atoms with van der Waals surface area (Å²) in [5.41, 5.74) is 2.26. The zero-order valence-electron chi connectivity index (χ0n) is 13.0. The number of imidazole rings is 1. The molecule has 22 heavy (non-hydrogen) atoms. The van der Waals surface area contributed by atoms with E-state index in [2.05, 4.69) is 4.98 Å². The molecule has 2 aromatic heterocycles. The number of ether oxygens (including phenoxy) is 2. The number of rotatable bonds is 4. The second kappa shape index (κ2) is 6.46. The Kier molecular flexibility index (Phi) is 4.40. The van der Waals surface area contributed by atoms with Crippen LogP contribution in [0.3, 0.4) is 0 Å². The number of nitrogens with zero attached hydrogens (tertiary/aromatic N) is 3. The second-order valence-corrected chi connectivity index (χ2v) is 5.56. The molecule has 3 rings (SSSR count). The number of aryl methyl sites for hydroxylation is 1. The number of pyridine rings is 1. The van der Waals surface area contributed by atoms with Gasteiger partial charge in [-0.25, -0.2) is 4.98 Å². The van der Waals surface area contributed by atoms with Gasteiger partial charge in [0.15, 0.2) is 0 Å². The maximum atomic E-state index is 12.8. The van der Waals surface area contributed by atoms with E-state index in [-0.39, 0.29) is 12.0 Å². The van der Waals surface area contributed by atoms with Gasteiger partial charge in [-0.2, -0.15) is 0 Å². The van der Waals surface area contributed by atoms with Crippen molar-refractivity contribution in [3.8, 4) is 0 Å². The fourth-order valence-corrected chi connectivity index (χ4v) is 2.80. The van der Waals surface area contributed by atoms with Crippen LogP contribution in [-0.4, -0.2) is 59.7 Å². The summed E-state index contributed by atoms with van der Waals surface area (Å²) >= 11 is 0. The molecule has 2 aromatic rings. The SMILES string of the molecule is COCC[C@H]1CN(C(=O)c2cccn3cc(C)nc23)CCO1. The van der Waals surface area contributed by atoms with Gasteiger partial charge in [-0.1, -0.05) is 0 Å². The summed E-state index contributed by atoms with van der Waals surface area (Å²) in [6, 6.07) is 3.72. The smallest absolute Gasteiger partial charge is 0.257 e. The lowest BCUT2D eigenvalue weighted by Crippen LogP contribution is -2.46. The molecule has 3 heterocycles. The van der Waals surface area contributed by atoms with Crippen LogP contribution in [0, 0.1) is 6.92 Å². The summed E-state index contributed by atoms with van der Waals surface area (Å²) < 4.78 is 12.7. The van der Waals surface area contributed by atoms with E-state index in [1.54, 1.807) is 7.11 Å². The van der Waals surface area contributed by atoms with Crippen molar-refractivity contribution in [2.24, 2.45) is 0 Å². The standard InChI is InChI=1S/C16H21N3O3/c1-12-10-18-6-3-4-14(15(18)17-12)16(20)19-7-9-22-13(11-19)5-8-21-2/h3-4,6,10,13H,5,7-9,11H2,1-2H3/t13-/m0/s1. The number of carbonyl (C=O) groups excluding carboxylic acids is 1. The van der Waals surface area contributed by atoms with Gasteiger partial charge >= 0.3 is 0 Å². The minimum absolute atomic E-state index is 0.0157. The lowest BCUT2D eigenvalue weighted by Gasteiger charge is -2.33. The zero-order valence-corrected chi connectivity index (χ0v) is 13.0. The highest BCUT2D eigenvalue weighted by Gasteiger charge is 2.26. The number of carbonyl (C=O) groups is 1. The number of hydrogen-bond acceptors (Lipinski definition) is 4. The Labute approximate surface area is 129 Å². The van der Waals surface area contributed by atoms with Crippen LogP contribution in [0.2, 0.25) is 0 Å². The van der Waals surface area contributed by atoms with Gasteiger partial charge in [0.1, 0.15) is 5.65 Å². The van der Waals surface area contributed by atoms with E-state index in [0.29, 0.717) is 37.5 Å². The number of fused-ring (bicyclic) bond motifs is 1. The fourth-order valence-electron chi connectivity index (χ4n) is 2.80. The van der Waals surface area contributed by atoms with Crippen LogP contribution in [0.1, 0.15) is 22.5 Å². The molecule has 6 nitrogen and oxygen atoms in total. The van der Waals surface area contributed by atoms with E-state index in [1.165, 1.54) is 0 Å². The summed E-state index contributed by atoms with van der Waals surface area (Å²) in [6.07, 6.45) is 4.67. The highest BCUT2D eigenvalue weighted by atomic mass is 16.5. The average Bonchev–Trinajstić information content (AvgIpc) is 2.92. The monoisotopic (exact) mass is 303 g/mol. The second-order valence-electron chi connectivity index (χ2n) is 5.56. The van der Waals surface area contributed by atoms with Crippen molar-refractivity contribution in [3.63, 3.8) is 0 Å². The number of amides is 1. The normalized spacial score (nSPS) is 18.8. The molecular weight excluding hydrogens is 282 g/mol. The van der Waals surface area contributed by atoms with Crippen LogP contribution in [0.4, 0.5) is 0 Å². The Morgan fingerprint density at radius 3 is 3.23 bits per heavy atom. The Hall–Kier alpha value is -1.92. The molecule has 1 amide bonds. The van der Waals surface area contributed by atoms with E-state index in [9.17, 15) is 4.79 Å². The van der Waals surface area contributed by atoms with Gasteiger partial charge in [-0.3, -0.25) is 4.79 Å². The van der Waals surface area contributed by atoms with Crippen LogP contribution >= 0.6 is 0 Å². The minimum atomic E-state index is 0.0157. The maximum Gasteiger partial charge on any atom is 0.257 e. The van der Waals surface area contributed by atoms with Crippen molar-refractivity contribution in [2.75, 3.05) is 33.4 Å². The molecule has 1 fully saturated rings. The first kappa shape index (κ1) is 15.0. The molecular formula is C16H21N3O3. The molecule has 118 valence electrons. The Morgan fingerprint density at radius 1 is 1.55 bits per heavy atom. The molecule has 0 aromatic carbocycles.